The highest BCUT2D eigenvalue weighted by atomic mass is 16.6. The molecule has 1 amide bonds. The fraction of sp³-hybridized carbons (Fsp3) is 0.692. The van der Waals surface area contributed by atoms with Crippen molar-refractivity contribution >= 4 is 11.7 Å². The second-order valence-electron chi connectivity index (χ2n) is 5.81. The average molecular weight is 298 g/mol. The number of aryl methyl sites for hydroxylation is 1. The summed E-state index contributed by atoms with van der Waals surface area (Å²) in [6.45, 7) is 6.17. The molecule has 2 N–H and O–H groups in total. The molecule has 118 valence electrons. The van der Waals surface area contributed by atoms with E-state index in [1.807, 2.05) is 13.8 Å². The van der Waals surface area contributed by atoms with E-state index in [4.69, 9.17) is 5.11 Å². The third kappa shape index (κ3) is 5.50. The second kappa shape index (κ2) is 7.16. The van der Waals surface area contributed by atoms with Crippen LogP contribution in [-0.2, 0) is 11.3 Å². The van der Waals surface area contributed by atoms with E-state index in [1.165, 1.54) is 10.8 Å². The Hall–Kier alpha value is -1.96. The lowest BCUT2D eigenvalue weighted by Gasteiger charge is -2.21. The third-order valence-electron chi connectivity index (χ3n) is 3.24. The molecule has 0 aromatic carbocycles. The SMILES string of the molecule is Cc1nc([N+](=O)[O-])cn1CC(=O)NCCCC(C)(C)CO. The normalized spacial score (nSPS) is 11.4. The molecular weight excluding hydrogens is 276 g/mol. The molecule has 0 aliphatic heterocycles. The van der Waals surface area contributed by atoms with Gasteiger partial charge in [-0.25, -0.2) is 0 Å². The van der Waals surface area contributed by atoms with E-state index in [0.29, 0.717) is 12.4 Å². The van der Waals surface area contributed by atoms with Crippen LogP contribution in [0.1, 0.15) is 32.5 Å². The van der Waals surface area contributed by atoms with Crippen molar-refractivity contribution in [3.63, 3.8) is 0 Å². The number of carbonyl (C=O) groups is 1. The number of nitro groups is 1. The zero-order chi connectivity index (χ0) is 16.0. The van der Waals surface area contributed by atoms with Crippen molar-refractivity contribution in [2.45, 2.75) is 40.2 Å². The molecule has 1 heterocycles. The highest BCUT2D eigenvalue weighted by Gasteiger charge is 2.18. The van der Waals surface area contributed by atoms with Crippen molar-refractivity contribution < 1.29 is 14.8 Å². The molecule has 8 nitrogen and oxygen atoms in total. The number of aliphatic hydroxyl groups excluding tert-OH is 1. The lowest BCUT2D eigenvalue weighted by atomic mass is 9.89. The Labute approximate surface area is 123 Å². The van der Waals surface area contributed by atoms with Crippen molar-refractivity contribution in [2.24, 2.45) is 5.41 Å². The molecule has 0 saturated heterocycles. The molecule has 0 unspecified atom stereocenters. The van der Waals surface area contributed by atoms with Gasteiger partial charge in [0.25, 0.3) is 0 Å². The summed E-state index contributed by atoms with van der Waals surface area (Å²) >= 11 is 0. The van der Waals surface area contributed by atoms with Crippen LogP contribution in [0.5, 0.6) is 0 Å². The van der Waals surface area contributed by atoms with Gasteiger partial charge in [-0.3, -0.25) is 9.36 Å². The molecule has 0 fully saturated rings. The Morgan fingerprint density at radius 2 is 2.24 bits per heavy atom. The number of aromatic nitrogens is 2. The fourth-order valence-corrected chi connectivity index (χ4v) is 1.82. The third-order valence-corrected chi connectivity index (χ3v) is 3.24. The van der Waals surface area contributed by atoms with Crippen molar-refractivity contribution in [3.8, 4) is 0 Å². The first-order valence-electron chi connectivity index (χ1n) is 6.81. The molecule has 0 bridgehead atoms. The summed E-state index contributed by atoms with van der Waals surface area (Å²) in [6.07, 6.45) is 2.82. The lowest BCUT2D eigenvalue weighted by molar-refractivity contribution is -0.389. The Morgan fingerprint density at radius 1 is 1.57 bits per heavy atom. The van der Waals surface area contributed by atoms with E-state index in [2.05, 4.69) is 10.3 Å². The molecule has 1 rings (SSSR count). The van der Waals surface area contributed by atoms with Crippen LogP contribution in [0, 0.1) is 22.5 Å². The first-order chi connectivity index (χ1) is 9.75. The van der Waals surface area contributed by atoms with Gasteiger partial charge in [0.1, 0.15) is 12.7 Å². The van der Waals surface area contributed by atoms with Gasteiger partial charge in [-0.15, -0.1) is 0 Å². The summed E-state index contributed by atoms with van der Waals surface area (Å²) in [4.78, 5) is 25.5. The molecule has 0 aliphatic carbocycles. The zero-order valence-corrected chi connectivity index (χ0v) is 12.6. The van der Waals surface area contributed by atoms with E-state index in [9.17, 15) is 14.9 Å². The standard InChI is InChI=1S/C13H22N4O4/c1-10-15-11(17(20)21)7-16(10)8-12(19)14-6-4-5-13(2,3)9-18/h7,18H,4-6,8-9H2,1-3H3,(H,14,19). The number of aliphatic hydroxyl groups is 1. The van der Waals surface area contributed by atoms with E-state index in [-0.39, 0.29) is 30.3 Å². The van der Waals surface area contributed by atoms with Crippen LogP contribution < -0.4 is 5.32 Å². The minimum Gasteiger partial charge on any atom is -0.396 e. The second-order valence-corrected chi connectivity index (χ2v) is 5.81. The van der Waals surface area contributed by atoms with Gasteiger partial charge in [0, 0.05) is 20.1 Å². The Morgan fingerprint density at radius 3 is 2.76 bits per heavy atom. The van der Waals surface area contributed by atoms with Crippen LogP contribution in [0.2, 0.25) is 0 Å². The number of nitrogens with one attached hydrogen (secondary N) is 1. The van der Waals surface area contributed by atoms with Crippen molar-refractivity contribution in [1.82, 2.24) is 14.9 Å². The van der Waals surface area contributed by atoms with Gasteiger partial charge in [0.15, 0.2) is 0 Å². The van der Waals surface area contributed by atoms with E-state index in [0.717, 1.165) is 12.8 Å². The number of hydrogen-bond donors (Lipinski definition) is 2. The van der Waals surface area contributed by atoms with Crippen LogP contribution in [0.4, 0.5) is 5.82 Å². The molecule has 0 saturated carbocycles. The lowest BCUT2D eigenvalue weighted by Crippen LogP contribution is -2.29. The summed E-state index contributed by atoms with van der Waals surface area (Å²) in [5.41, 5.74) is -0.147. The smallest absolute Gasteiger partial charge is 0.381 e. The van der Waals surface area contributed by atoms with Gasteiger partial charge in [-0.1, -0.05) is 13.8 Å². The Balaban J connectivity index is 2.39. The number of amides is 1. The first-order valence-corrected chi connectivity index (χ1v) is 6.81. The summed E-state index contributed by atoms with van der Waals surface area (Å²) in [5, 5.41) is 22.5. The van der Waals surface area contributed by atoms with Crippen LogP contribution in [0.25, 0.3) is 0 Å². The van der Waals surface area contributed by atoms with Crippen LogP contribution in [0.15, 0.2) is 6.20 Å². The van der Waals surface area contributed by atoms with Crippen molar-refractivity contribution in [3.05, 3.63) is 22.1 Å². The molecule has 1 aromatic heterocycles. The number of nitrogens with zero attached hydrogens (tertiary/aromatic N) is 3. The Bertz CT molecular complexity index is 510. The average Bonchev–Trinajstić information content (AvgIpc) is 2.76. The van der Waals surface area contributed by atoms with Gasteiger partial charge in [0.05, 0.1) is 0 Å². The number of carbonyl (C=O) groups excluding carboxylic acids is 1. The summed E-state index contributed by atoms with van der Waals surface area (Å²) in [6, 6.07) is 0. The predicted octanol–water partition coefficient (Wildman–Crippen LogP) is 1.01. The zero-order valence-electron chi connectivity index (χ0n) is 12.6. The summed E-state index contributed by atoms with van der Waals surface area (Å²) in [5.74, 6) is -0.0459. The minimum atomic E-state index is -0.585. The van der Waals surface area contributed by atoms with E-state index >= 15 is 0 Å². The predicted molar refractivity (Wildman–Crippen MR) is 76.7 cm³/mol. The number of rotatable bonds is 8. The molecule has 0 aliphatic rings. The maximum absolute atomic E-state index is 11.8. The molecule has 21 heavy (non-hydrogen) atoms. The number of hydrogen-bond acceptors (Lipinski definition) is 5. The molecule has 1 aromatic rings. The molecule has 0 atom stereocenters. The van der Waals surface area contributed by atoms with Crippen LogP contribution in [-0.4, -0.2) is 38.6 Å². The summed E-state index contributed by atoms with van der Waals surface area (Å²) < 4.78 is 1.45. The number of imidazole rings is 1. The highest BCUT2D eigenvalue weighted by Crippen LogP contribution is 2.20. The maximum atomic E-state index is 11.8. The topological polar surface area (TPSA) is 110 Å². The van der Waals surface area contributed by atoms with Crippen LogP contribution >= 0.6 is 0 Å². The maximum Gasteiger partial charge on any atom is 0.381 e. The van der Waals surface area contributed by atoms with Gasteiger partial charge in [0.2, 0.25) is 11.7 Å². The molecule has 0 spiro atoms. The van der Waals surface area contributed by atoms with Crippen molar-refractivity contribution in [1.29, 1.82) is 0 Å². The van der Waals surface area contributed by atoms with Gasteiger partial charge in [-0.05, 0) is 28.2 Å². The monoisotopic (exact) mass is 298 g/mol. The largest absolute Gasteiger partial charge is 0.396 e. The fourth-order valence-electron chi connectivity index (χ4n) is 1.82. The first kappa shape index (κ1) is 17.1. The van der Waals surface area contributed by atoms with E-state index < -0.39 is 4.92 Å². The molecular formula is C13H22N4O4. The van der Waals surface area contributed by atoms with Crippen molar-refractivity contribution in [2.75, 3.05) is 13.2 Å². The van der Waals surface area contributed by atoms with Crippen LogP contribution in [0.3, 0.4) is 0 Å². The van der Waals surface area contributed by atoms with E-state index in [1.54, 1.807) is 6.92 Å². The quantitative estimate of drug-likeness (QED) is 0.423. The van der Waals surface area contributed by atoms with Gasteiger partial charge < -0.3 is 20.5 Å². The summed E-state index contributed by atoms with van der Waals surface area (Å²) in [7, 11) is 0. The van der Waals surface area contributed by atoms with Gasteiger partial charge in [-0.2, -0.15) is 0 Å². The molecule has 0 radical (unpaired) electrons. The highest BCUT2D eigenvalue weighted by molar-refractivity contribution is 5.75. The molecule has 8 heteroatoms. The Kier molecular flexibility index (Phi) is 5.83. The van der Waals surface area contributed by atoms with Gasteiger partial charge >= 0.3 is 5.82 Å². The minimum absolute atomic E-state index is 0.00999.